The maximum absolute atomic E-state index is 13.0. The molecule has 0 aliphatic carbocycles. The SMILES string of the molecule is COc1ccc(CN2C3CC2CN(c2ccc(-c4cc(OC[C@@H]5CN(C(=O)OC(C)(C)C)C(C)(C)CO5)cn5ncc(C#N)c45)cn2)C3)cn1. The molecule has 13 heteroatoms. The molecule has 2 unspecified atom stereocenters. The van der Waals surface area contributed by atoms with Gasteiger partial charge in [-0.05, 0) is 64.8 Å². The van der Waals surface area contributed by atoms with E-state index in [9.17, 15) is 10.1 Å². The fraction of sp³-hybridized carbons (Fsp3) is 0.486. The summed E-state index contributed by atoms with van der Waals surface area (Å²) in [4.78, 5) is 28.9. The highest BCUT2D eigenvalue weighted by Gasteiger charge is 2.45. The monoisotopic (exact) mass is 680 g/mol. The largest absolute Gasteiger partial charge is 0.489 e. The fourth-order valence-corrected chi connectivity index (χ4v) is 7.01. The molecule has 0 aromatic carbocycles. The minimum Gasteiger partial charge on any atom is -0.489 e. The van der Waals surface area contributed by atoms with E-state index in [1.54, 1.807) is 28.9 Å². The number of amides is 1. The zero-order valence-electron chi connectivity index (χ0n) is 29.5. The molecule has 8 heterocycles. The Balaban J connectivity index is 1.04. The van der Waals surface area contributed by atoms with Gasteiger partial charge in [-0.15, -0.1) is 0 Å². The smallest absolute Gasteiger partial charge is 0.410 e. The van der Waals surface area contributed by atoms with Crippen molar-refractivity contribution in [2.45, 2.75) is 76.9 Å². The van der Waals surface area contributed by atoms with Crippen LogP contribution < -0.4 is 14.4 Å². The van der Waals surface area contributed by atoms with Crippen LogP contribution in [0.3, 0.4) is 0 Å². The topological polar surface area (TPSA) is 131 Å². The molecule has 0 spiro atoms. The molecule has 4 aromatic heterocycles. The molecule has 8 rings (SSSR count). The number of nitrogens with zero attached hydrogens (tertiary/aromatic N) is 8. The second kappa shape index (κ2) is 13.1. The third kappa shape index (κ3) is 6.78. The minimum absolute atomic E-state index is 0.215. The summed E-state index contributed by atoms with van der Waals surface area (Å²) in [7, 11) is 1.63. The Morgan fingerprint density at radius 3 is 2.54 bits per heavy atom. The Bertz CT molecular complexity index is 1880. The summed E-state index contributed by atoms with van der Waals surface area (Å²) in [6.45, 7) is 13.1. The molecule has 262 valence electrons. The number of hydrogen-bond donors (Lipinski definition) is 0. The molecule has 4 aliphatic heterocycles. The molecule has 4 aliphatic rings. The van der Waals surface area contributed by atoms with Gasteiger partial charge in [-0.3, -0.25) is 9.80 Å². The molecular weight excluding hydrogens is 636 g/mol. The third-order valence-electron chi connectivity index (χ3n) is 9.65. The summed E-state index contributed by atoms with van der Waals surface area (Å²) in [6, 6.07) is 13.2. The van der Waals surface area contributed by atoms with Gasteiger partial charge >= 0.3 is 6.09 Å². The van der Waals surface area contributed by atoms with E-state index in [0.29, 0.717) is 47.9 Å². The second-order valence-electron chi connectivity index (χ2n) is 14.9. The molecule has 50 heavy (non-hydrogen) atoms. The number of piperidine rings is 1. The molecular formula is C37H44N8O5. The Labute approximate surface area is 292 Å². The Kier molecular flexibility index (Phi) is 8.78. The van der Waals surface area contributed by atoms with Gasteiger partial charge in [-0.1, -0.05) is 6.07 Å². The lowest BCUT2D eigenvalue weighted by Gasteiger charge is -2.56. The first-order valence-corrected chi connectivity index (χ1v) is 17.0. The van der Waals surface area contributed by atoms with Gasteiger partial charge in [0.05, 0.1) is 49.3 Å². The molecule has 4 fully saturated rings. The quantitative estimate of drug-likeness (QED) is 0.251. The number of anilines is 1. The molecule has 0 radical (unpaired) electrons. The fourth-order valence-electron chi connectivity index (χ4n) is 7.01. The summed E-state index contributed by atoms with van der Waals surface area (Å²) >= 11 is 0. The van der Waals surface area contributed by atoms with Gasteiger partial charge in [0.15, 0.2) is 0 Å². The Hall–Kier alpha value is -4.93. The number of fused-ring (bicyclic) bond motifs is 3. The molecule has 4 aromatic rings. The first-order chi connectivity index (χ1) is 23.9. The number of hydrogen-bond acceptors (Lipinski definition) is 11. The van der Waals surface area contributed by atoms with Crippen LogP contribution in [0.4, 0.5) is 10.6 Å². The van der Waals surface area contributed by atoms with E-state index >= 15 is 0 Å². The number of pyridine rings is 3. The molecule has 2 bridgehead atoms. The minimum atomic E-state index is -0.603. The Morgan fingerprint density at radius 1 is 1.08 bits per heavy atom. The molecule has 13 nitrogen and oxygen atoms in total. The number of carbonyl (C=O) groups is 1. The van der Waals surface area contributed by atoms with Crippen molar-refractivity contribution in [2.75, 3.05) is 44.9 Å². The van der Waals surface area contributed by atoms with E-state index in [1.165, 1.54) is 12.0 Å². The Morgan fingerprint density at radius 2 is 1.88 bits per heavy atom. The first kappa shape index (κ1) is 33.6. The highest BCUT2D eigenvalue weighted by atomic mass is 16.6. The van der Waals surface area contributed by atoms with Gasteiger partial charge in [0, 0.05) is 61.3 Å². The predicted octanol–water partition coefficient (Wildman–Crippen LogP) is 4.93. The van der Waals surface area contributed by atoms with Crippen LogP contribution in [0, 0.1) is 11.3 Å². The van der Waals surface area contributed by atoms with Gasteiger partial charge in [0.1, 0.15) is 35.9 Å². The zero-order valence-corrected chi connectivity index (χ0v) is 29.5. The van der Waals surface area contributed by atoms with Crippen LogP contribution in [-0.4, -0.2) is 105 Å². The molecule has 3 atom stereocenters. The van der Waals surface area contributed by atoms with Crippen molar-refractivity contribution >= 4 is 17.4 Å². The highest BCUT2D eigenvalue weighted by molar-refractivity contribution is 5.85. The number of methoxy groups -OCH3 is 1. The van der Waals surface area contributed by atoms with Gasteiger partial charge in [-0.2, -0.15) is 10.4 Å². The van der Waals surface area contributed by atoms with Crippen molar-refractivity contribution in [3.63, 3.8) is 0 Å². The van der Waals surface area contributed by atoms with E-state index in [4.69, 9.17) is 23.9 Å². The first-order valence-electron chi connectivity index (χ1n) is 17.0. The average Bonchev–Trinajstić information content (AvgIpc) is 3.52. The molecule has 1 amide bonds. The van der Waals surface area contributed by atoms with Crippen LogP contribution in [-0.2, 0) is 16.0 Å². The van der Waals surface area contributed by atoms with Gasteiger partial charge < -0.3 is 23.8 Å². The number of piperazine rings is 1. The van der Waals surface area contributed by atoms with Gasteiger partial charge in [0.25, 0.3) is 0 Å². The van der Waals surface area contributed by atoms with Crippen LogP contribution in [0.15, 0.2) is 55.1 Å². The lowest BCUT2D eigenvalue weighted by atomic mass is 9.87. The van der Waals surface area contributed by atoms with Crippen molar-refractivity contribution in [1.82, 2.24) is 29.4 Å². The molecule has 0 saturated carbocycles. The number of nitriles is 1. The number of morpholine rings is 1. The van der Waals surface area contributed by atoms with Crippen LogP contribution in [0.1, 0.15) is 52.2 Å². The van der Waals surface area contributed by atoms with Crippen LogP contribution in [0.5, 0.6) is 11.6 Å². The summed E-state index contributed by atoms with van der Waals surface area (Å²) < 4.78 is 24.9. The second-order valence-corrected chi connectivity index (χ2v) is 14.9. The lowest BCUT2D eigenvalue weighted by molar-refractivity contribution is -0.108. The zero-order chi connectivity index (χ0) is 35.2. The van der Waals surface area contributed by atoms with Crippen molar-refractivity contribution in [1.29, 1.82) is 5.26 Å². The number of aromatic nitrogens is 4. The standard InChI is InChI=1S/C37H44N8O5/c1-36(2,3)50-35(46)44-20-30(49-23-37(44,4)5)22-48-29-12-31(34-26(13-38)16-41-45(34)21-29)25-8-9-32(39-15-25)42-18-27-11-28(19-42)43(27)17-24-7-10-33(47-6)40-14-24/h7-10,12,14-16,21,27-28,30H,11,17-20,22-23H2,1-6H3/t27?,28?,30-/m0/s1. The number of carbonyl (C=O) groups excluding carboxylic acids is 1. The van der Waals surface area contributed by atoms with E-state index in [0.717, 1.165) is 36.6 Å². The summed E-state index contributed by atoms with van der Waals surface area (Å²) in [6.07, 6.45) is 7.52. The number of rotatable bonds is 8. The molecule has 4 saturated heterocycles. The lowest BCUT2D eigenvalue weighted by Crippen LogP contribution is -2.68. The number of ether oxygens (including phenoxy) is 4. The average molecular weight is 681 g/mol. The summed E-state index contributed by atoms with van der Waals surface area (Å²) in [5.74, 6) is 2.12. The highest BCUT2D eigenvalue weighted by Crippen LogP contribution is 2.37. The maximum Gasteiger partial charge on any atom is 0.410 e. The normalized spacial score (nSPS) is 21.7. The van der Waals surface area contributed by atoms with Gasteiger partial charge in [-0.25, -0.2) is 19.3 Å². The molecule has 0 N–H and O–H groups in total. The maximum atomic E-state index is 13.0. The van der Waals surface area contributed by atoms with E-state index < -0.39 is 11.1 Å². The van der Waals surface area contributed by atoms with Crippen LogP contribution in [0.2, 0.25) is 0 Å². The van der Waals surface area contributed by atoms with Crippen molar-refractivity contribution in [3.05, 3.63) is 66.2 Å². The van der Waals surface area contributed by atoms with Crippen molar-refractivity contribution in [2.24, 2.45) is 0 Å². The van der Waals surface area contributed by atoms with Crippen LogP contribution in [0.25, 0.3) is 16.6 Å². The predicted molar refractivity (Wildman–Crippen MR) is 186 cm³/mol. The van der Waals surface area contributed by atoms with E-state index in [1.807, 2.05) is 71.3 Å². The van der Waals surface area contributed by atoms with Crippen LogP contribution >= 0.6 is 0 Å². The summed E-state index contributed by atoms with van der Waals surface area (Å²) in [5.41, 5.74) is 2.85. The third-order valence-corrected chi connectivity index (χ3v) is 9.65. The van der Waals surface area contributed by atoms with Crippen molar-refractivity contribution in [3.8, 4) is 28.8 Å². The van der Waals surface area contributed by atoms with E-state index in [-0.39, 0.29) is 18.8 Å². The van der Waals surface area contributed by atoms with E-state index in [2.05, 4.69) is 32.0 Å². The summed E-state index contributed by atoms with van der Waals surface area (Å²) in [5, 5.41) is 14.3. The van der Waals surface area contributed by atoms with Crippen molar-refractivity contribution < 1.29 is 23.7 Å². The van der Waals surface area contributed by atoms with Gasteiger partial charge in [0.2, 0.25) is 5.88 Å².